The first-order chi connectivity index (χ1) is 7.77. The minimum absolute atomic E-state index is 0.0253. The topological polar surface area (TPSA) is 32.3 Å². The van der Waals surface area contributed by atoms with Crippen LogP contribution in [0.25, 0.3) is 0 Å². The van der Waals surface area contributed by atoms with Crippen molar-refractivity contribution in [3.63, 3.8) is 0 Å². The number of nitrogens with one attached hydrogen (secondary N) is 1. The molecule has 3 heteroatoms. The first-order valence-corrected chi connectivity index (χ1v) is 5.87. The van der Waals surface area contributed by atoms with E-state index in [1.165, 1.54) is 12.8 Å². The van der Waals surface area contributed by atoms with E-state index in [9.17, 15) is 4.79 Å². The Kier molecular flexibility index (Phi) is 3.57. The molecule has 1 saturated heterocycles. The SMILES string of the molecule is CC(C(=O)Nc1ccccc1)N1CCCC1. The summed E-state index contributed by atoms with van der Waals surface area (Å²) >= 11 is 0. The molecule has 3 nitrogen and oxygen atoms in total. The summed E-state index contributed by atoms with van der Waals surface area (Å²) in [4.78, 5) is 14.2. The van der Waals surface area contributed by atoms with E-state index in [2.05, 4.69) is 10.2 Å². The Balaban J connectivity index is 1.92. The molecule has 1 fully saturated rings. The lowest BCUT2D eigenvalue weighted by Gasteiger charge is -2.22. The standard InChI is InChI=1S/C13H18N2O/c1-11(15-9-5-6-10-15)13(16)14-12-7-3-2-4-8-12/h2-4,7-8,11H,5-6,9-10H2,1H3,(H,14,16). The third-order valence-corrected chi connectivity index (χ3v) is 3.11. The first-order valence-electron chi connectivity index (χ1n) is 5.87. The van der Waals surface area contributed by atoms with Gasteiger partial charge in [0, 0.05) is 5.69 Å². The molecular formula is C13H18N2O. The molecule has 86 valence electrons. The summed E-state index contributed by atoms with van der Waals surface area (Å²) in [5.74, 6) is 0.0908. The van der Waals surface area contributed by atoms with Crippen LogP contribution in [0.5, 0.6) is 0 Å². The second-order valence-corrected chi connectivity index (χ2v) is 4.27. The quantitative estimate of drug-likeness (QED) is 0.842. The predicted octanol–water partition coefficient (Wildman–Crippen LogP) is 2.11. The van der Waals surface area contributed by atoms with Gasteiger partial charge in [-0.1, -0.05) is 18.2 Å². The van der Waals surface area contributed by atoms with Gasteiger partial charge in [0.25, 0.3) is 0 Å². The van der Waals surface area contributed by atoms with Crippen LogP contribution in [0.3, 0.4) is 0 Å². The second kappa shape index (κ2) is 5.12. The zero-order valence-corrected chi connectivity index (χ0v) is 9.65. The number of nitrogens with zero attached hydrogens (tertiary/aromatic N) is 1. The Morgan fingerprint density at radius 3 is 2.50 bits per heavy atom. The molecule has 1 aromatic rings. The van der Waals surface area contributed by atoms with E-state index in [4.69, 9.17) is 0 Å². The van der Waals surface area contributed by atoms with E-state index < -0.39 is 0 Å². The van der Waals surface area contributed by atoms with Crippen LogP contribution in [-0.2, 0) is 4.79 Å². The average Bonchev–Trinajstić information content (AvgIpc) is 2.83. The molecule has 1 atom stereocenters. The highest BCUT2D eigenvalue weighted by Gasteiger charge is 2.23. The molecule has 1 aliphatic heterocycles. The molecular weight excluding hydrogens is 200 g/mol. The van der Waals surface area contributed by atoms with Crippen molar-refractivity contribution in [1.82, 2.24) is 4.90 Å². The number of benzene rings is 1. The highest BCUT2D eigenvalue weighted by molar-refractivity contribution is 5.94. The molecule has 0 radical (unpaired) electrons. The first kappa shape index (κ1) is 11.1. The summed E-state index contributed by atoms with van der Waals surface area (Å²) in [6.07, 6.45) is 2.42. The number of carbonyl (C=O) groups is 1. The molecule has 1 amide bonds. The lowest BCUT2D eigenvalue weighted by atomic mass is 10.2. The van der Waals surface area contributed by atoms with Crippen LogP contribution >= 0.6 is 0 Å². The molecule has 1 aliphatic rings. The Morgan fingerprint density at radius 1 is 1.25 bits per heavy atom. The molecule has 0 aromatic heterocycles. The van der Waals surface area contributed by atoms with Gasteiger partial charge in [-0.2, -0.15) is 0 Å². The van der Waals surface area contributed by atoms with Crippen LogP contribution in [0.4, 0.5) is 5.69 Å². The Hall–Kier alpha value is -1.35. The molecule has 1 unspecified atom stereocenters. The molecule has 16 heavy (non-hydrogen) atoms. The van der Waals surface area contributed by atoms with Crippen LogP contribution < -0.4 is 5.32 Å². The summed E-state index contributed by atoms with van der Waals surface area (Å²) in [6.45, 7) is 4.07. The summed E-state index contributed by atoms with van der Waals surface area (Å²) in [5, 5.41) is 2.94. The van der Waals surface area contributed by atoms with Crippen molar-refractivity contribution in [2.45, 2.75) is 25.8 Å². The lowest BCUT2D eigenvalue weighted by molar-refractivity contribution is -0.120. The normalized spacial score (nSPS) is 18.3. The average molecular weight is 218 g/mol. The van der Waals surface area contributed by atoms with Crippen LogP contribution in [0.1, 0.15) is 19.8 Å². The van der Waals surface area contributed by atoms with Gasteiger partial charge in [0.05, 0.1) is 6.04 Å². The summed E-state index contributed by atoms with van der Waals surface area (Å²) in [5.41, 5.74) is 0.874. The third kappa shape index (κ3) is 2.61. The Morgan fingerprint density at radius 2 is 1.88 bits per heavy atom. The fourth-order valence-corrected chi connectivity index (χ4v) is 2.06. The molecule has 0 saturated carbocycles. The lowest BCUT2D eigenvalue weighted by Crippen LogP contribution is -2.40. The van der Waals surface area contributed by atoms with Gasteiger partial charge >= 0.3 is 0 Å². The summed E-state index contributed by atoms with van der Waals surface area (Å²) < 4.78 is 0. The van der Waals surface area contributed by atoms with Gasteiger partial charge in [0.1, 0.15) is 0 Å². The fourth-order valence-electron chi connectivity index (χ4n) is 2.06. The largest absolute Gasteiger partial charge is 0.325 e. The molecule has 1 aromatic carbocycles. The Bertz CT molecular complexity index is 344. The monoisotopic (exact) mass is 218 g/mol. The van der Waals surface area contributed by atoms with Crippen molar-refractivity contribution in [2.24, 2.45) is 0 Å². The minimum Gasteiger partial charge on any atom is -0.325 e. The van der Waals surface area contributed by atoms with Gasteiger partial charge in [0.2, 0.25) is 5.91 Å². The molecule has 1 heterocycles. The number of hydrogen-bond donors (Lipinski definition) is 1. The summed E-state index contributed by atoms with van der Waals surface area (Å²) in [6, 6.07) is 9.59. The molecule has 0 spiro atoms. The number of amides is 1. The van der Waals surface area contributed by atoms with Crippen molar-refractivity contribution < 1.29 is 4.79 Å². The summed E-state index contributed by atoms with van der Waals surface area (Å²) in [7, 11) is 0. The second-order valence-electron chi connectivity index (χ2n) is 4.27. The highest BCUT2D eigenvalue weighted by atomic mass is 16.2. The van der Waals surface area contributed by atoms with Crippen molar-refractivity contribution in [1.29, 1.82) is 0 Å². The van der Waals surface area contributed by atoms with Gasteiger partial charge in [-0.3, -0.25) is 9.69 Å². The smallest absolute Gasteiger partial charge is 0.241 e. The zero-order valence-electron chi connectivity index (χ0n) is 9.65. The maximum atomic E-state index is 11.9. The molecule has 0 aliphatic carbocycles. The number of likely N-dealkylation sites (tertiary alicyclic amines) is 1. The molecule has 2 rings (SSSR count). The van der Waals surface area contributed by atoms with Crippen LogP contribution in [0.2, 0.25) is 0 Å². The highest BCUT2D eigenvalue weighted by Crippen LogP contribution is 2.13. The molecule has 1 N–H and O–H groups in total. The van der Waals surface area contributed by atoms with Crippen LogP contribution in [-0.4, -0.2) is 29.9 Å². The van der Waals surface area contributed by atoms with Crippen molar-refractivity contribution in [3.8, 4) is 0 Å². The van der Waals surface area contributed by atoms with E-state index in [1.807, 2.05) is 37.3 Å². The van der Waals surface area contributed by atoms with E-state index in [1.54, 1.807) is 0 Å². The maximum Gasteiger partial charge on any atom is 0.241 e. The maximum absolute atomic E-state index is 11.9. The number of carbonyl (C=O) groups excluding carboxylic acids is 1. The van der Waals surface area contributed by atoms with Crippen molar-refractivity contribution in [2.75, 3.05) is 18.4 Å². The fraction of sp³-hybridized carbons (Fsp3) is 0.462. The van der Waals surface area contributed by atoms with E-state index in [0.29, 0.717) is 0 Å². The Labute approximate surface area is 96.5 Å². The van der Waals surface area contributed by atoms with Crippen molar-refractivity contribution >= 4 is 11.6 Å². The van der Waals surface area contributed by atoms with Gasteiger partial charge in [-0.25, -0.2) is 0 Å². The van der Waals surface area contributed by atoms with E-state index >= 15 is 0 Å². The number of anilines is 1. The van der Waals surface area contributed by atoms with Gasteiger partial charge < -0.3 is 5.32 Å². The molecule has 0 bridgehead atoms. The predicted molar refractivity (Wildman–Crippen MR) is 65.3 cm³/mol. The number of para-hydroxylation sites is 1. The number of rotatable bonds is 3. The minimum atomic E-state index is -0.0253. The van der Waals surface area contributed by atoms with E-state index in [-0.39, 0.29) is 11.9 Å². The van der Waals surface area contributed by atoms with E-state index in [0.717, 1.165) is 18.8 Å². The van der Waals surface area contributed by atoms with Gasteiger partial charge in [-0.05, 0) is 45.0 Å². The number of hydrogen-bond acceptors (Lipinski definition) is 2. The van der Waals surface area contributed by atoms with Gasteiger partial charge in [0.15, 0.2) is 0 Å². The third-order valence-electron chi connectivity index (χ3n) is 3.11. The van der Waals surface area contributed by atoms with Gasteiger partial charge in [-0.15, -0.1) is 0 Å². The van der Waals surface area contributed by atoms with Crippen LogP contribution in [0, 0.1) is 0 Å². The zero-order chi connectivity index (χ0) is 11.4. The van der Waals surface area contributed by atoms with Crippen molar-refractivity contribution in [3.05, 3.63) is 30.3 Å². The van der Waals surface area contributed by atoms with Crippen LogP contribution in [0.15, 0.2) is 30.3 Å².